The highest BCUT2D eigenvalue weighted by Gasteiger charge is 2.46. The first-order chi connectivity index (χ1) is 11.2. The standard InChI is InChI=1S/C17H25N3O3/c1-2-22-12-4-14-5-13-23-17(14)6-10-20(11-7-17)16(21)15-18-8-3-9-19-15/h3,8-9,14H,2,4-7,10-13H2,1H3/t14-/m0/s1. The predicted octanol–water partition coefficient (Wildman–Crippen LogP) is 1.91. The maximum Gasteiger partial charge on any atom is 0.291 e. The summed E-state index contributed by atoms with van der Waals surface area (Å²) >= 11 is 0. The van der Waals surface area contributed by atoms with E-state index in [4.69, 9.17) is 9.47 Å². The van der Waals surface area contributed by atoms with Crippen LogP contribution in [0.25, 0.3) is 0 Å². The van der Waals surface area contributed by atoms with E-state index >= 15 is 0 Å². The highest BCUT2D eigenvalue weighted by molar-refractivity contribution is 5.90. The van der Waals surface area contributed by atoms with Gasteiger partial charge in [-0.1, -0.05) is 0 Å². The Morgan fingerprint density at radius 1 is 1.39 bits per heavy atom. The number of amides is 1. The average Bonchev–Trinajstić information content (AvgIpc) is 2.98. The summed E-state index contributed by atoms with van der Waals surface area (Å²) in [5.41, 5.74) is -0.0641. The number of hydrogen-bond donors (Lipinski definition) is 0. The van der Waals surface area contributed by atoms with Gasteiger partial charge in [0, 0.05) is 45.3 Å². The molecule has 2 aliphatic heterocycles. The highest BCUT2D eigenvalue weighted by atomic mass is 16.5. The summed E-state index contributed by atoms with van der Waals surface area (Å²) in [6.45, 7) is 5.83. The van der Waals surface area contributed by atoms with E-state index in [1.807, 2.05) is 11.8 Å². The third-order valence-corrected chi connectivity index (χ3v) is 5.07. The summed E-state index contributed by atoms with van der Waals surface area (Å²) in [5, 5.41) is 0. The van der Waals surface area contributed by atoms with E-state index in [1.54, 1.807) is 18.5 Å². The summed E-state index contributed by atoms with van der Waals surface area (Å²) in [6, 6.07) is 1.72. The van der Waals surface area contributed by atoms with E-state index in [1.165, 1.54) is 0 Å². The predicted molar refractivity (Wildman–Crippen MR) is 85.1 cm³/mol. The Balaban J connectivity index is 1.58. The van der Waals surface area contributed by atoms with E-state index in [0.29, 0.717) is 19.0 Å². The van der Waals surface area contributed by atoms with Crippen LogP contribution in [-0.2, 0) is 9.47 Å². The van der Waals surface area contributed by atoms with Gasteiger partial charge in [-0.25, -0.2) is 9.97 Å². The van der Waals surface area contributed by atoms with Crippen molar-refractivity contribution in [3.05, 3.63) is 24.3 Å². The van der Waals surface area contributed by atoms with Gasteiger partial charge < -0.3 is 14.4 Å². The van der Waals surface area contributed by atoms with Crippen molar-refractivity contribution in [3.63, 3.8) is 0 Å². The second-order valence-electron chi connectivity index (χ2n) is 6.25. The molecule has 2 fully saturated rings. The molecule has 0 bridgehead atoms. The smallest absolute Gasteiger partial charge is 0.291 e. The first-order valence-electron chi connectivity index (χ1n) is 8.53. The van der Waals surface area contributed by atoms with Crippen LogP contribution in [0.15, 0.2) is 18.5 Å². The van der Waals surface area contributed by atoms with Gasteiger partial charge in [-0.05, 0) is 44.6 Å². The van der Waals surface area contributed by atoms with Gasteiger partial charge in [0.05, 0.1) is 5.60 Å². The number of likely N-dealkylation sites (tertiary alicyclic amines) is 1. The van der Waals surface area contributed by atoms with Gasteiger partial charge in [0.15, 0.2) is 0 Å². The lowest BCUT2D eigenvalue weighted by Gasteiger charge is -2.42. The molecular formula is C17H25N3O3. The Kier molecular flexibility index (Phi) is 5.23. The van der Waals surface area contributed by atoms with Crippen LogP contribution in [0, 0.1) is 5.92 Å². The van der Waals surface area contributed by atoms with Crippen molar-refractivity contribution in [2.45, 2.75) is 38.2 Å². The van der Waals surface area contributed by atoms with Crippen LogP contribution < -0.4 is 0 Å². The number of rotatable bonds is 5. The summed E-state index contributed by atoms with van der Waals surface area (Å²) in [5.74, 6) is 0.743. The maximum atomic E-state index is 12.4. The molecule has 0 N–H and O–H groups in total. The van der Waals surface area contributed by atoms with Crippen LogP contribution in [0.1, 0.15) is 43.2 Å². The van der Waals surface area contributed by atoms with Gasteiger partial charge in [-0.2, -0.15) is 0 Å². The molecule has 3 rings (SSSR count). The van der Waals surface area contributed by atoms with Crippen LogP contribution in [0.3, 0.4) is 0 Å². The Hall–Kier alpha value is -1.53. The topological polar surface area (TPSA) is 64.6 Å². The molecular weight excluding hydrogens is 294 g/mol. The molecule has 6 nitrogen and oxygen atoms in total. The molecule has 126 valence electrons. The number of hydrogen-bond acceptors (Lipinski definition) is 5. The maximum absolute atomic E-state index is 12.4. The van der Waals surface area contributed by atoms with Crippen LogP contribution in [0.4, 0.5) is 0 Å². The largest absolute Gasteiger partial charge is 0.382 e. The number of piperidine rings is 1. The SMILES string of the molecule is CCOCC[C@H]1CCOC12CCN(C(=O)c1ncccn1)CC2. The third-order valence-electron chi connectivity index (χ3n) is 5.07. The molecule has 1 amide bonds. The number of nitrogens with zero attached hydrogens (tertiary/aromatic N) is 3. The fourth-order valence-corrected chi connectivity index (χ4v) is 3.75. The van der Waals surface area contributed by atoms with Crippen molar-refractivity contribution >= 4 is 5.91 Å². The second-order valence-corrected chi connectivity index (χ2v) is 6.25. The Morgan fingerprint density at radius 3 is 2.83 bits per heavy atom. The van der Waals surface area contributed by atoms with E-state index in [-0.39, 0.29) is 17.3 Å². The third kappa shape index (κ3) is 3.53. The lowest BCUT2D eigenvalue weighted by atomic mass is 9.78. The molecule has 23 heavy (non-hydrogen) atoms. The summed E-state index contributed by atoms with van der Waals surface area (Å²) < 4.78 is 11.6. The van der Waals surface area contributed by atoms with Gasteiger partial charge in [0.25, 0.3) is 5.91 Å². The van der Waals surface area contributed by atoms with Crippen LogP contribution in [-0.4, -0.2) is 59.3 Å². The molecule has 1 aromatic heterocycles. The monoisotopic (exact) mass is 319 g/mol. The Morgan fingerprint density at radius 2 is 2.13 bits per heavy atom. The second kappa shape index (κ2) is 7.36. The lowest BCUT2D eigenvalue weighted by molar-refractivity contribution is -0.0670. The molecule has 1 atom stereocenters. The number of carbonyl (C=O) groups is 1. The summed E-state index contributed by atoms with van der Waals surface area (Å²) in [7, 11) is 0. The van der Waals surface area contributed by atoms with Crippen molar-refractivity contribution in [2.24, 2.45) is 5.92 Å². The van der Waals surface area contributed by atoms with Crippen molar-refractivity contribution < 1.29 is 14.3 Å². The molecule has 3 heterocycles. The molecule has 0 saturated carbocycles. The lowest BCUT2D eigenvalue weighted by Crippen LogP contribution is -2.49. The van der Waals surface area contributed by atoms with Crippen LogP contribution in [0.2, 0.25) is 0 Å². The molecule has 0 radical (unpaired) electrons. The van der Waals surface area contributed by atoms with Crippen LogP contribution >= 0.6 is 0 Å². The van der Waals surface area contributed by atoms with Crippen LogP contribution in [0.5, 0.6) is 0 Å². The molecule has 6 heteroatoms. The van der Waals surface area contributed by atoms with E-state index in [9.17, 15) is 4.79 Å². The molecule has 2 saturated heterocycles. The number of ether oxygens (including phenoxy) is 2. The highest BCUT2D eigenvalue weighted by Crippen LogP contribution is 2.42. The molecule has 2 aliphatic rings. The first kappa shape index (κ1) is 16.3. The minimum absolute atomic E-state index is 0.0641. The zero-order valence-electron chi connectivity index (χ0n) is 13.7. The van der Waals surface area contributed by atoms with Crippen molar-refractivity contribution in [2.75, 3.05) is 32.9 Å². The quantitative estimate of drug-likeness (QED) is 0.776. The van der Waals surface area contributed by atoms with Gasteiger partial charge in [0.1, 0.15) is 0 Å². The average molecular weight is 319 g/mol. The van der Waals surface area contributed by atoms with Crippen molar-refractivity contribution in [1.82, 2.24) is 14.9 Å². The summed E-state index contributed by atoms with van der Waals surface area (Å²) in [4.78, 5) is 22.4. The van der Waals surface area contributed by atoms with E-state index in [2.05, 4.69) is 9.97 Å². The fourth-order valence-electron chi connectivity index (χ4n) is 3.75. The molecule has 0 unspecified atom stereocenters. The van der Waals surface area contributed by atoms with Crippen molar-refractivity contribution in [1.29, 1.82) is 0 Å². The van der Waals surface area contributed by atoms with E-state index in [0.717, 1.165) is 45.5 Å². The first-order valence-corrected chi connectivity index (χ1v) is 8.53. The number of aromatic nitrogens is 2. The minimum Gasteiger partial charge on any atom is -0.382 e. The molecule has 0 aliphatic carbocycles. The van der Waals surface area contributed by atoms with Gasteiger partial charge in [0.2, 0.25) is 5.82 Å². The minimum atomic E-state index is -0.0793. The normalized spacial score (nSPS) is 23.3. The van der Waals surface area contributed by atoms with Gasteiger partial charge in [-0.3, -0.25) is 4.79 Å². The van der Waals surface area contributed by atoms with Gasteiger partial charge in [-0.15, -0.1) is 0 Å². The molecule has 0 aromatic carbocycles. The summed E-state index contributed by atoms with van der Waals surface area (Å²) in [6.07, 6.45) is 7.14. The zero-order chi connectivity index (χ0) is 16.1. The van der Waals surface area contributed by atoms with Crippen molar-refractivity contribution in [3.8, 4) is 0 Å². The number of carbonyl (C=O) groups excluding carboxylic acids is 1. The Bertz CT molecular complexity index is 515. The van der Waals surface area contributed by atoms with E-state index < -0.39 is 0 Å². The fraction of sp³-hybridized carbons (Fsp3) is 0.706. The van der Waals surface area contributed by atoms with Gasteiger partial charge >= 0.3 is 0 Å². The zero-order valence-corrected chi connectivity index (χ0v) is 13.7. The molecule has 1 spiro atoms. The molecule has 1 aromatic rings. The Labute approximate surface area is 137 Å².